The van der Waals surface area contributed by atoms with Crippen molar-refractivity contribution in [2.45, 2.75) is 12.2 Å². The molecule has 1 amide bonds. The predicted octanol–water partition coefficient (Wildman–Crippen LogP) is 2.97. The normalized spacial score (nSPS) is 11.4. The van der Waals surface area contributed by atoms with E-state index in [-0.39, 0.29) is 17.3 Å². The Hall–Kier alpha value is -3.44. The van der Waals surface area contributed by atoms with E-state index in [1.54, 1.807) is 36.5 Å². The van der Waals surface area contributed by atoms with Crippen molar-refractivity contribution in [1.82, 2.24) is 15.0 Å². The van der Waals surface area contributed by atoms with Crippen molar-refractivity contribution in [3.63, 3.8) is 0 Å². The second kappa shape index (κ2) is 7.85. The number of carbonyl (C=O) groups is 1. The van der Waals surface area contributed by atoms with Crippen LogP contribution in [0.25, 0.3) is 11.3 Å². The first kappa shape index (κ1) is 18.4. The fourth-order valence-corrected chi connectivity index (χ4v) is 2.79. The molecule has 0 aliphatic carbocycles. The Balaban J connectivity index is 2.05. The van der Waals surface area contributed by atoms with Crippen LogP contribution in [0.1, 0.15) is 29.3 Å². The number of pyridine rings is 1. The van der Waals surface area contributed by atoms with Crippen molar-refractivity contribution in [1.29, 1.82) is 5.26 Å². The maximum Gasteiger partial charge on any atom is 0.221 e. The number of nitrogens with two attached hydrogens (primary N) is 1. The quantitative estimate of drug-likeness (QED) is 0.603. The second-order valence-electron chi connectivity index (χ2n) is 5.72. The van der Waals surface area contributed by atoms with E-state index >= 15 is 0 Å². The van der Waals surface area contributed by atoms with Crippen LogP contribution in [-0.4, -0.2) is 20.9 Å². The van der Waals surface area contributed by atoms with Gasteiger partial charge in [0.15, 0.2) is 0 Å². The van der Waals surface area contributed by atoms with E-state index in [1.165, 1.54) is 6.92 Å². The highest BCUT2D eigenvalue weighted by Crippen LogP contribution is 2.30. The number of aromatic nitrogens is 3. The van der Waals surface area contributed by atoms with Crippen molar-refractivity contribution in [2.75, 3.05) is 11.1 Å². The number of hydrogen-bond acceptors (Lipinski definition) is 7. The maximum atomic E-state index is 11.2. The molecule has 0 spiro atoms. The third-order valence-corrected chi connectivity index (χ3v) is 4.25. The number of anilines is 2. The number of rotatable bonds is 4. The topological polar surface area (TPSA) is 118 Å². The molecule has 3 N–H and O–H groups in total. The lowest BCUT2D eigenvalue weighted by molar-refractivity contribution is -0.114. The van der Waals surface area contributed by atoms with Gasteiger partial charge in [0.2, 0.25) is 5.91 Å². The van der Waals surface area contributed by atoms with Crippen molar-refractivity contribution < 1.29 is 4.79 Å². The van der Waals surface area contributed by atoms with Gasteiger partial charge in [0.1, 0.15) is 28.5 Å². The molecule has 0 aliphatic rings. The van der Waals surface area contributed by atoms with Gasteiger partial charge in [0, 0.05) is 24.4 Å². The Bertz CT molecular complexity index is 1010. The minimum atomic E-state index is -0.487. The number of nitrogens with zero attached hydrogens (tertiary/aromatic N) is 4. The molecule has 8 heteroatoms. The first-order chi connectivity index (χ1) is 13.0. The zero-order chi connectivity index (χ0) is 19.4. The Morgan fingerprint density at radius 1 is 1.22 bits per heavy atom. The number of hydrogen-bond donors (Lipinski definition) is 3. The summed E-state index contributed by atoms with van der Waals surface area (Å²) in [4.78, 5) is 24.2. The summed E-state index contributed by atoms with van der Waals surface area (Å²) in [6.07, 6.45) is 1.66. The highest BCUT2D eigenvalue weighted by molar-refractivity contribution is 7.80. The molecule has 2 aromatic heterocycles. The van der Waals surface area contributed by atoms with Gasteiger partial charge in [-0.3, -0.25) is 9.78 Å². The third kappa shape index (κ3) is 4.04. The molecule has 1 aromatic carbocycles. The molecule has 1 unspecified atom stereocenters. The van der Waals surface area contributed by atoms with E-state index in [9.17, 15) is 10.1 Å². The van der Waals surface area contributed by atoms with Crippen LogP contribution in [-0.2, 0) is 4.79 Å². The van der Waals surface area contributed by atoms with Gasteiger partial charge in [-0.2, -0.15) is 17.9 Å². The van der Waals surface area contributed by atoms with E-state index in [2.05, 4.69) is 39.0 Å². The Kier molecular flexibility index (Phi) is 5.33. The molecule has 0 saturated carbocycles. The molecule has 0 fully saturated rings. The molecule has 0 saturated heterocycles. The van der Waals surface area contributed by atoms with Crippen LogP contribution < -0.4 is 11.1 Å². The Labute approximate surface area is 161 Å². The van der Waals surface area contributed by atoms with Crippen LogP contribution in [0.5, 0.6) is 0 Å². The van der Waals surface area contributed by atoms with Crippen LogP contribution in [0.2, 0.25) is 0 Å². The SMILES string of the molecule is CC(=O)Nc1ccc(-c2nc(C(S)c3ccccn3)nc(N)c2C#N)cc1. The molecule has 3 aromatic rings. The highest BCUT2D eigenvalue weighted by Gasteiger charge is 2.20. The largest absolute Gasteiger partial charge is 0.382 e. The lowest BCUT2D eigenvalue weighted by Crippen LogP contribution is -2.09. The summed E-state index contributed by atoms with van der Waals surface area (Å²) >= 11 is 4.56. The number of thiol groups is 1. The van der Waals surface area contributed by atoms with Gasteiger partial charge >= 0.3 is 0 Å². The minimum Gasteiger partial charge on any atom is -0.382 e. The average molecular weight is 376 g/mol. The minimum absolute atomic E-state index is 0.0819. The number of benzene rings is 1. The molecule has 0 bridgehead atoms. The molecule has 2 heterocycles. The van der Waals surface area contributed by atoms with Gasteiger partial charge in [-0.05, 0) is 24.3 Å². The first-order valence-corrected chi connectivity index (χ1v) is 8.55. The van der Waals surface area contributed by atoms with E-state index in [1.807, 2.05) is 12.1 Å². The summed E-state index contributed by atoms with van der Waals surface area (Å²) in [6.45, 7) is 1.43. The molecule has 134 valence electrons. The summed E-state index contributed by atoms with van der Waals surface area (Å²) in [5.41, 5.74) is 8.59. The summed E-state index contributed by atoms with van der Waals surface area (Å²) < 4.78 is 0. The molecular formula is C19H16N6OS. The van der Waals surface area contributed by atoms with Crippen LogP contribution >= 0.6 is 12.6 Å². The fraction of sp³-hybridized carbons (Fsp3) is 0.105. The van der Waals surface area contributed by atoms with E-state index in [4.69, 9.17) is 5.73 Å². The van der Waals surface area contributed by atoms with Crippen LogP contribution in [0, 0.1) is 11.3 Å². The van der Waals surface area contributed by atoms with Gasteiger partial charge in [-0.15, -0.1) is 0 Å². The predicted molar refractivity (Wildman–Crippen MR) is 106 cm³/mol. The van der Waals surface area contributed by atoms with Gasteiger partial charge in [-0.25, -0.2) is 9.97 Å². The van der Waals surface area contributed by atoms with Crippen LogP contribution in [0.3, 0.4) is 0 Å². The summed E-state index contributed by atoms with van der Waals surface area (Å²) in [7, 11) is 0. The molecule has 27 heavy (non-hydrogen) atoms. The van der Waals surface area contributed by atoms with Crippen molar-refractivity contribution in [3.8, 4) is 17.3 Å². The number of carbonyl (C=O) groups excluding carboxylic acids is 1. The lowest BCUT2D eigenvalue weighted by atomic mass is 10.1. The van der Waals surface area contributed by atoms with Gasteiger partial charge < -0.3 is 11.1 Å². The zero-order valence-electron chi connectivity index (χ0n) is 14.4. The fourth-order valence-electron chi connectivity index (χ4n) is 2.52. The average Bonchev–Trinajstić information content (AvgIpc) is 2.67. The van der Waals surface area contributed by atoms with Crippen LogP contribution in [0.4, 0.5) is 11.5 Å². The van der Waals surface area contributed by atoms with E-state index in [0.29, 0.717) is 28.5 Å². The molecular weight excluding hydrogens is 360 g/mol. The van der Waals surface area contributed by atoms with E-state index < -0.39 is 5.25 Å². The number of nitrogen functional groups attached to an aromatic ring is 1. The monoisotopic (exact) mass is 376 g/mol. The lowest BCUT2D eigenvalue weighted by Gasteiger charge is -2.13. The van der Waals surface area contributed by atoms with Crippen molar-refractivity contribution in [2.24, 2.45) is 0 Å². The Morgan fingerprint density at radius 3 is 2.56 bits per heavy atom. The van der Waals surface area contributed by atoms with Crippen molar-refractivity contribution >= 4 is 30.0 Å². The third-order valence-electron chi connectivity index (χ3n) is 3.76. The second-order valence-corrected chi connectivity index (χ2v) is 6.23. The van der Waals surface area contributed by atoms with E-state index in [0.717, 1.165) is 0 Å². The first-order valence-electron chi connectivity index (χ1n) is 8.04. The standard InChI is InChI=1S/C19H16N6OS/c1-11(26)23-13-7-5-12(6-8-13)16-14(10-20)18(21)25-19(24-16)17(27)15-4-2-3-9-22-15/h2-9,17,27H,1H3,(H,23,26)(H2,21,24,25). The van der Waals surface area contributed by atoms with Crippen molar-refractivity contribution in [3.05, 3.63) is 65.7 Å². The van der Waals surface area contributed by atoms with Crippen LogP contribution in [0.15, 0.2) is 48.7 Å². The summed E-state index contributed by atoms with van der Waals surface area (Å²) in [6, 6.07) is 14.5. The molecule has 0 aliphatic heterocycles. The number of nitrogens with one attached hydrogen (secondary N) is 1. The maximum absolute atomic E-state index is 11.2. The highest BCUT2D eigenvalue weighted by atomic mass is 32.1. The molecule has 1 atom stereocenters. The molecule has 0 radical (unpaired) electrons. The van der Waals surface area contributed by atoms with Gasteiger partial charge in [0.05, 0.1) is 11.4 Å². The molecule has 3 rings (SSSR count). The Morgan fingerprint density at radius 2 is 1.96 bits per heavy atom. The number of nitriles is 1. The summed E-state index contributed by atoms with van der Waals surface area (Å²) in [5.74, 6) is 0.273. The van der Waals surface area contributed by atoms with Gasteiger partial charge in [0.25, 0.3) is 0 Å². The summed E-state index contributed by atoms with van der Waals surface area (Å²) in [5, 5.41) is 11.7. The smallest absolute Gasteiger partial charge is 0.221 e. The van der Waals surface area contributed by atoms with Gasteiger partial charge in [-0.1, -0.05) is 18.2 Å². The number of amides is 1. The molecule has 7 nitrogen and oxygen atoms in total. The zero-order valence-corrected chi connectivity index (χ0v) is 15.3.